The molecule has 0 aromatic carbocycles. The highest BCUT2D eigenvalue weighted by molar-refractivity contribution is 7.87. The lowest BCUT2D eigenvalue weighted by Crippen LogP contribution is -2.38. The van der Waals surface area contributed by atoms with Gasteiger partial charge in [0.2, 0.25) is 5.88 Å². The molecular weight excluding hydrogens is 439 g/mol. The van der Waals surface area contributed by atoms with E-state index in [1.54, 1.807) is 23.1 Å². The SMILES string of the molecule is O=S(=O)(Oc1ccc2nccc(-c3cnn(CCN4CCOCC4)c3)c2n1)C(F)(F)F. The van der Waals surface area contributed by atoms with E-state index in [9.17, 15) is 21.6 Å². The van der Waals surface area contributed by atoms with Crippen LogP contribution in [0, 0.1) is 0 Å². The molecule has 13 heteroatoms. The van der Waals surface area contributed by atoms with Crippen LogP contribution in [0.3, 0.4) is 0 Å². The number of aromatic nitrogens is 4. The van der Waals surface area contributed by atoms with Crippen LogP contribution in [-0.4, -0.2) is 71.4 Å². The van der Waals surface area contributed by atoms with E-state index >= 15 is 0 Å². The number of hydrogen-bond donors (Lipinski definition) is 0. The number of hydrogen-bond acceptors (Lipinski definition) is 8. The van der Waals surface area contributed by atoms with Gasteiger partial charge in [-0.1, -0.05) is 0 Å². The molecule has 1 fully saturated rings. The third-order valence-corrected chi connectivity index (χ3v) is 5.69. The van der Waals surface area contributed by atoms with Crippen LogP contribution in [0.1, 0.15) is 0 Å². The first kappa shape index (κ1) is 21.5. The minimum atomic E-state index is -5.82. The Labute approximate surface area is 175 Å². The van der Waals surface area contributed by atoms with E-state index < -0.39 is 21.5 Å². The topological polar surface area (TPSA) is 99.4 Å². The van der Waals surface area contributed by atoms with Gasteiger partial charge >= 0.3 is 15.6 Å². The second-order valence-corrected chi connectivity index (χ2v) is 8.34. The molecule has 4 heterocycles. The lowest BCUT2D eigenvalue weighted by molar-refractivity contribution is -0.0501. The molecule has 9 nitrogen and oxygen atoms in total. The summed E-state index contributed by atoms with van der Waals surface area (Å²) in [4.78, 5) is 10.3. The van der Waals surface area contributed by atoms with Crippen molar-refractivity contribution in [2.24, 2.45) is 0 Å². The van der Waals surface area contributed by atoms with E-state index in [1.807, 2.05) is 0 Å². The Morgan fingerprint density at radius 3 is 2.65 bits per heavy atom. The Morgan fingerprint density at radius 2 is 1.90 bits per heavy atom. The number of halogens is 3. The molecule has 0 unspecified atom stereocenters. The maximum atomic E-state index is 12.6. The van der Waals surface area contributed by atoms with Crippen LogP contribution in [-0.2, 0) is 21.4 Å². The molecule has 1 aliphatic rings. The molecule has 1 aliphatic heterocycles. The van der Waals surface area contributed by atoms with Crippen molar-refractivity contribution in [3.63, 3.8) is 0 Å². The zero-order valence-corrected chi connectivity index (χ0v) is 16.9. The van der Waals surface area contributed by atoms with Gasteiger partial charge in [-0.25, -0.2) is 4.98 Å². The molecule has 0 saturated carbocycles. The molecule has 0 spiro atoms. The van der Waals surface area contributed by atoms with Crippen molar-refractivity contribution in [2.45, 2.75) is 12.1 Å². The molecule has 3 aromatic heterocycles. The van der Waals surface area contributed by atoms with Crippen LogP contribution >= 0.6 is 0 Å². The largest absolute Gasteiger partial charge is 0.534 e. The zero-order chi connectivity index (χ0) is 22.1. The summed E-state index contributed by atoms with van der Waals surface area (Å²) in [5.74, 6) is -0.696. The second kappa shape index (κ2) is 8.40. The first-order chi connectivity index (χ1) is 14.7. The highest BCUT2D eigenvalue weighted by Crippen LogP contribution is 2.30. The van der Waals surface area contributed by atoms with Crippen LogP contribution < -0.4 is 4.18 Å². The summed E-state index contributed by atoms with van der Waals surface area (Å²) < 4.78 is 71.6. The van der Waals surface area contributed by atoms with Crippen molar-refractivity contribution in [3.8, 4) is 17.0 Å². The fourth-order valence-corrected chi connectivity index (χ4v) is 3.55. The maximum Gasteiger partial charge on any atom is 0.534 e. The molecule has 3 aromatic rings. The average Bonchev–Trinajstić information content (AvgIpc) is 3.20. The zero-order valence-electron chi connectivity index (χ0n) is 16.1. The fraction of sp³-hybridized carbons (Fsp3) is 0.389. The summed E-state index contributed by atoms with van der Waals surface area (Å²) in [7, 11) is -5.82. The molecule has 0 amide bonds. The summed E-state index contributed by atoms with van der Waals surface area (Å²) >= 11 is 0. The van der Waals surface area contributed by atoms with E-state index in [0.717, 1.165) is 25.7 Å². The number of nitrogens with zero attached hydrogens (tertiary/aromatic N) is 5. The highest BCUT2D eigenvalue weighted by atomic mass is 32.2. The maximum absolute atomic E-state index is 12.6. The normalized spacial score (nSPS) is 16.0. The monoisotopic (exact) mass is 457 g/mol. The number of rotatable bonds is 6. The van der Waals surface area contributed by atoms with E-state index in [4.69, 9.17) is 4.74 Å². The molecule has 0 aliphatic carbocycles. The number of morpholine rings is 1. The summed E-state index contributed by atoms with van der Waals surface area (Å²) in [6.07, 6.45) is 4.92. The van der Waals surface area contributed by atoms with Gasteiger partial charge in [-0.15, -0.1) is 0 Å². The Hall–Kier alpha value is -2.77. The molecule has 1 saturated heterocycles. The van der Waals surface area contributed by atoms with Gasteiger partial charge in [-0.2, -0.15) is 26.7 Å². The van der Waals surface area contributed by atoms with Gasteiger partial charge < -0.3 is 8.92 Å². The summed E-state index contributed by atoms with van der Waals surface area (Å²) in [5.41, 5.74) is -3.78. The van der Waals surface area contributed by atoms with Crippen molar-refractivity contribution in [3.05, 3.63) is 36.8 Å². The number of alkyl halides is 3. The molecule has 0 radical (unpaired) electrons. The molecule has 0 N–H and O–H groups in total. The first-order valence-electron chi connectivity index (χ1n) is 9.32. The van der Waals surface area contributed by atoms with Gasteiger partial charge in [0.1, 0.15) is 5.52 Å². The minimum absolute atomic E-state index is 0.199. The number of fused-ring (bicyclic) bond motifs is 1. The van der Waals surface area contributed by atoms with Crippen LogP contribution in [0.15, 0.2) is 36.8 Å². The highest BCUT2D eigenvalue weighted by Gasteiger charge is 2.48. The van der Waals surface area contributed by atoms with Crippen LogP contribution in [0.2, 0.25) is 0 Å². The van der Waals surface area contributed by atoms with E-state index in [0.29, 0.717) is 36.4 Å². The Bertz CT molecular complexity index is 1180. The smallest absolute Gasteiger partial charge is 0.379 e. The number of pyridine rings is 2. The van der Waals surface area contributed by atoms with Crippen LogP contribution in [0.5, 0.6) is 5.88 Å². The molecule has 166 valence electrons. The Kier molecular flexibility index (Phi) is 5.81. The molecule has 4 rings (SSSR count). The van der Waals surface area contributed by atoms with Crippen LogP contribution in [0.4, 0.5) is 13.2 Å². The van der Waals surface area contributed by atoms with Crippen molar-refractivity contribution in [1.82, 2.24) is 24.6 Å². The van der Waals surface area contributed by atoms with Gasteiger partial charge in [-0.05, 0) is 12.1 Å². The third-order valence-electron chi connectivity index (χ3n) is 4.73. The molecular formula is C18H18F3N5O4S. The first-order valence-corrected chi connectivity index (χ1v) is 10.7. The van der Waals surface area contributed by atoms with Crippen molar-refractivity contribution in [2.75, 3.05) is 32.8 Å². The predicted molar refractivity (Wildman–Crippen MR) is 104 cm³/mol. The van der Waals surface area contributed by atoms with Crippen molar-refractivity contribution < 1.29 is 30.5 Å². The van der Waals surface area contributed by atoms with Crippen molar-refractivity contribution >= 4 is 21.2 Å². The standard InChI is InChI=1S/C18H18F3N5O4S/c19-18(20,21)31(27,28)30-16-2-1-15-17(24-16)14(3-4-22-15)13-11-23-26(12-13)6-5-25-7-9-29-10-8-25/h1-4,11-12H,5-10H2. The quantitative estimate of drug-likeness (QED) is 0.410. The van der Waals surface area contributed by atoms with Crippen LogP contribution in [0.25, 0.3) is 22.2 Å². The minimum Gasteiger partial charge on any atom is -0.379 e. The average molecular weight is 457 g/mol. The van der Waals surface area contributed by atoms with Gasteiger partial charge in [-0.3, -0.25) is 14.6 Å². The second-order valence-electron chi connectivity index (χ2n) is 6.81. The van der Waals surface area contributed by atoms with Gasteiger partial charge in [0, 0.05) is 49.2 Å². The predicted octanol–water partition coefficient (Wildman–Crippen LogP) is 2.05. The summed E-state index contributed by atoms with van der Waals surface area (Å²) in [6, 6.07) is 3.99. The van der Waals surface area contributed by atoms with E-state index in [-0.39, 0.29) is 5.52 Å². The summed E-state index contributed by atoms with van der Waals surface area (Å²) in [5, 5.41) is 4.33. The fourth-order valence-electron chi connectivity index (χ4n) is 3.14. The molecule has 0 bridgehead atoms. The van der Waals surface area contributed by atoms with E-state index in [1.165, 1.54) is 12.3 Å². The van der Waals surface area contributed by atoms with Gasteiger partial charge in [0.05, 0.1) is 31.5 Å². The van der Waals surface area contributed by atoms with Gasteiger partial charge in [0.15, 0.2) is 0 Å². The Morgan fingerprint density at radius 1 is 1.13 bits per heavy atom. The Balaban J connectivity index is 1.58. The number of ether oxygens (including phenoxy) is 1. The van der Waals surface area contributed by atoms with E-state index in [2.05, 4.69) is 24.1 Å². The third kappa shape index (κ3) is 4.78. The molecule has 0 atom stereocenters. The lowest BCUT2D eigenvalue weighted by Gasteiger charge is -2.26. The summed E-state index contributed by atoms with van der Waals surface area (Å²) in [6.45, 7) is 4.57. The van der Waals surface area contributed by atoms with Gasteiger partial charge in [0.25, 0.3) is 0 Å². The lowest BCUT2D eigenvalue weighted by atomic mass is 10.1. The molecule has 31 heavy (non-hydrogen) atoms. The van der Waals surface area contributed by atoms with Crippen molar-refractivity contribution in [1.29, 1.82) is 0 Å².